The summed E-state index contributed by atoms with van der Waals surface area (Å²) in [7, 11) is 0. The lowest BCUT2D eigenvalue weighted by molar-refractivity contribution is -0.156. The van der Waals surface area contributed by atoms with Gasteiger partial charge in [-0.3, -0.25) is 4.79 Å². The van der Waals surface area contributed by atoms with Crippen LogP contribution in [-0.4, -0.2) is 36.9 Å². The van der Waals surface area contributed by atoms with Crippen LogP contribution in [0.25, 0.3) is 0 Å². The summed E-state index contributed by atoms with van der Waals surface area (Å²) in [5.74, 6) is -0.301. The van der Waals surface area contributed by atoms with Gasteiger partial charge < -0.3 is 19.5 Å². The van der Waals surface area contributed by atoms with Crippen LogP contribution >= 0.6 is 0 Å². The van der Waals surface area contributed by atoms with Crippen LogP contribution in [0.15, 0.2) is 30.3 Å². The van der Waals surface area contributed by atoms with Crippen molar-refractivity contribution in [2.24, 2.45) is 0 Å². The van der Waals surface area contributed by atoms with Crippen molar-refractivity contribution >= 4 is 12.1 Å². The van der Waals surface area contributed by atoms with E-state index in [0.717, 1.165) is 5.56 Å². The van der Waals surface area contributed by atoms with Crippen LogP contribution in [0.2, 0.25) is 0 Å². The van der Waals surface area contributed by atoms with Crippen LogP contribution in [0.1, 0.15) is 39.7 Å². The predicted molar refractivity (Wildman–Crippen MR) is 90.5 cm³/mol. The maximum Gasteiger partial charge on any atom is 0.407 e. The number of benzene rings is 1. The molecule has 6 nitrogen and oxygen atoms in total. The van der Waals surface area contributed by atoms with E-state index in [1.165, 1.54) is 0 Å². The first-order chi connectivity index (χ1) is 11.3. The van der Waals surface area contributed by atoms with Crippen molar-refractivity contribution < 1.29 is 23.8 Å². The Morgan fingerprint density at radius 2 is 1.83 bits per heavy atom. The summed E-state index contributed by atoms with van der Waals surface area (Å²) < 4.78 is 15.7. The molecule has 0 spiro atoms. The number of carbonyl (C=O) groups is 2. The molecule has 0 aliphatic heterocycles. The van der Waals surface area contributed by atoms with Gasteiger partial charge in [0.1, 0.15) is 12.2 Å². The van der Waals surface area contributed by atoms with Crippen molar-refractivity contribution in [2.75, 3.05) is 13.2 Å². The third-order valence-corrected chi connectivity index (χ3v) is 2.82. The molecule has 24 heavy (non-hydrogen) atoms. The maximum atomic E-state index is 11.7. The number of rotatable bonds is 8. The van der Waals surface area contributed by atoms with E-state index in [2.05, 4.69) is 5.32 Å². The van der Waals surface area contributed by atoms with Crippen LogP contribution in [0.3, 0.4) is 0 Å². The summed E-state index contributed by atoms with van der Waals surface area (Å²) in [6, 6.07) is 9.23. The van der Waals surface area contributed by atoms with E-state index in [1.54, 1.807) is 6.92 Å². The Labute approximate surface area is 143 Å². The summed E-state index contributed by atoms with van der Waals surface area (Å²) in [6.45, 7) is 8.02. The first-order valence-corrected chi connectivity index (χ1v) is 8.03. The zero-order chi connectivity index (χ0) is 18.0. The number of hydrogen-bond donors (Lipinski definition) is 1. The van der Waals surface area contributed by atoms with Gasteiger partial charge in [0.2, 0.25) is 0 Å². The third kappa shape index (κ3) is 9.84. The Morgan fingerprint density at radius 1 is 1.17 bits per heavy atom. The zero-order valence-corrected chi connectivity index (χ0v) is 14.8. The van der Waals surface area contributed by atoms with Gasteiger partial charge in [-0.25, -0.2) is 4.79 Å². The van der Waals surface area contributed by atoms with Gasteiger partial charge >= 0.3 is 12.1 Å². The molecule has 1 amide bonds. The smallest absolute Gasteiger partial charge is 0.407 e. The average Bonchev–Trinajstić information content (AvgIpc) is 2.49. The normalized spacial score (nSPS) is 12.3. The second-order valence-electron chi connectivity index (χ2n) is 6.52. The molecule has 1 aromatic carbocycles. The zero-order valence-electron chi connectivity index (χ0n) is 14.8. The molecule has 1 atom stereocenters. The Morgan fingerprint density at radius 3 is 2.46 bits per heavy atom. The van der Waals surface area contributed by atoms with Gasteiger partial charge in [-0.2, -0.15) is 0 Å². The van der Waals surface area contributed by atoms with Crippen LogP contribution in [0.5, 0.6) is 0 Å². The van der Waals surface area contributed by atoms with Gasteiger partial charge in [-0.15, -0.1) is 0 Å². The van der Waals surface area contributed by atoms with Crippen LogP contribution in [0.4, 0.5) is 4.79 Å². The molecule has 0 saturated carbocycles. The molecule has 1 rings (SSSR count). The summed E-state index contributed by atoms with van der Waals surface area (Å²) in [6.07, 6.45) is -0.315. The van der Waals surface area contributed by atoms with Crippen LogP contribution in [-0.2, 0) is 25.6 Å². The first kappa shape index (κ1) is 20.0. The number of amides is 1. The summed E-state index contributed by atoms with van der Waals surface area (Å²) in [5, 5.41) is 2.67. The highest BCUT2D eigenvalue weighted by molar-refractivity contribution is 5.70. The highest BCUT2D eigenvalue weighted by Gasteiger charge is 2.16. The van der Waals surface area contributed by atoms with E-state index in [0.29, 0.717) is 6.61 Å². The number of alkyl carbamates (subject to hydrolysis) is 1. The van der Waals surface area contributed by atoms with Gasteiger partial charge in [0.05, 0.1) is 25.7 Å². The standard InChI is InChI=1S/C18H27NO5/c1-14(12-22-11-10-16(20)24-18(2,3)4)19-17(21)23-13-15-8-6-5-7-9-15/h5-9,14H,10-13H2,1-4H3,(H,19,21). The van der Waals surface area contributed by atoms with Crippen molar-refractivity contribution in [3.8, 4) is 0 Å². The fourth-order valence-electron chi connectivity index (χ4n) is 1.82. The van der Waals surface area contributed by atoms with Gasteiger partial charge in [0, 0.05) is 0 Å². The van der Waals surface area contributed by atoms with Crippen molar-refractivity contribution in [3.63, 3.8) is 0 Å². The van der Waals surface area contributed by atoms with Crippen molar-refractivity contribution in [1.29, 1.82) is 0 Å². The Kier molecular flexibility index (Phi) is 8.26. The lowest BCUT2D eigenvalue weighted by Crippen LogP contribution is -2.36. The minimum absolute atomic E-state index is 0.183. The molecule has 0 aliphatic carbocycles. The number of nitrogens with one attached hydrogen (secondary N) is 1. The Balaban J connectivity index is 2.11. The van der Waals surface area contributed by atoms with E-state index >= 15 is 0 Å². The molecule has 134 valence electrons. The molecular formula is C18H27NO5. The molecule has 1 N–H and O–H groups in total. The fraction of sp³-hybridized carbons (Fsp3) is 0.556. The number of esters is 1. The minimum atomic E-state index is -0.498. The topological polar surface area (TPSA) is 73.9 Å². The van der Waals surface area contributed by atoms with Crippen LogP contribution < -0.4 is 5.32 Å². The van der Waals surface area contributed by atoms with Gasteiger partial charge in [-0.05, 0) is 33.3 Å². The maximum absolute atomic E-state index is 11.7. The van der Waals surface area contributed by atoms with E-state index in [1.807, 2.05) is 51.1 Å². The molecule has 1 aromatic rings. The summed E-state index contributed by atoms with van der Waals surface area (Å²) in [5.41, 5.74) is 0.433. The number of ether oxygens (including phenoxy) is 3. The summed E-state index contributed by atoms with van der Waals surface area (Å²) in [4.78, 5) is 23.2. The molecule has 0 fully saturated rings. The Hall–Kier alpha value is -2.08. The molecule has 0 saturated heterocycles. The van der Waals surface area contributed by atoms with Crippen molar-refractivity contribution in [1.82, 2.24) is 5.32 Å². The largest absolute Gasteiger partial charge is 0.460 e. The lowest BCUT2D eigenvalue weighted by Gasteiger charge is -2.19. The van der Waals surface area contributed by atoms with Gasteiger partial charge in [0.25, 0.3) is 0 Å². The average molecular weight is 337 g/mol. The van der Waals surface area contributed by atoms with Crippen molar-refractivity contribution in [2.45, 2.75) is 52.4 Å². The molecule has 0 bridgehead atoms. The van der Waals surface area contributed by atoms with Crippen LogP contribution in [0, 0.1) is 0 Å². The third-order valence-electron chi connectivity index (χ3n) is 2.82. The molecule has 0 aromatic heterocycles. The van der Waals surface area contributed by atoms with Gasteiger partial charge in [-0.1, -0.05) is 30.3 Å². The Bertz CT molecular complexity index is 510. The lowest BCUT2D eigenvalue weighted by atomic mass is 10.2. The molecule has 0 heterocycles. The van der Waals surface area contributed by atoms with E-state index in [4.69, 9.17) is 14.2 Å². The molecular weight excluding hydrogens is 310 g/mol. The van der Waals surface area contributed by atoms with Crippen molar-refractivity contribution in [3.05, 3.63) is 35.9 Å². The highest BCUT2D eigenvalue weighted by atomic mass is 16.6. The van der Waals surface area contributed by atoms with E-state index in [-0.39, 0.29) is 31.6 Å². The molecule has 6 heteroatoms. The van der Waals surface area contributed by atoms with E-state index in [9.17, 15) is 9.59 Å². The SMILES string of the molecule is CC(COCCC(=O)OC(C)(C)C)NC(=O)OCc1ccccc1. The second-order valence-corrected chi connectivity index (χ2v) is 6.52. The highest BCUT2D eigenvalue weighted by Crippen LogP contribution is 2.08. The number of hydrogen-bond acceptors (Lipinski definition) is 5. The van der Waals surface area contributed by atoms with E-state index < -0.39 is 11.7 Å². The quantitative estimate of drug-likeness (QED) is 0.583. The summed E-state index contributed by atoms with van der Waals surface area (Å²) >= 11 is 0. The fourth-order valence-corrected chi connectivity index (χ4v) is 1.82. The molecule has 0 aliphatic rings. The molecule has 1 unspecified atom stereocenters. The predicted octanol–water partition coefficient (Wildman–Crippen LogP) is 3.05. The first-order valence-electron chi connectivity index (χ1n) is 8.03. The minimum Gasteiger partial charge on any atom is -0.460 e. The monoisotopic (exact) mass is 337 g/mol. The molecule has 0 radical (unpaired) electrons. The second kappa shape index (κ2) is 9.93. The number of carbonyl (C=O) groups excluding carboxylic acids is 2. The van der Waals surface area contributed by atoms with Gasteiger partial charge in [0.15, 0.2) is 0 Å².